The first kappa shape index (κ1) is 18.8. The van der Waals surface area contributed by atoms with Crippen molar-refractivity contribution in [2.24, 2.45) is 0 Å². The van der Waals surface area contributed by atoms with Gasteiger partial charge in [-0.2, -0.15) is 4.98 Å². The van der Waals surface area contributed by atoms with Crippen LogP contribution in [0.1, 0.15) is 35.6 Å². The van der Waals surface area contributed by atoms with E-state index in [1.807, 2.05) is 30.3 Å². The maximum Gasteiger partial charge on any atom is 0.352 e. The van der Waals surface area contributed by atoms with Crippen LogP contribution in [0, 0.1) is 0 Å². The number of halogens is 1. The van der Waals surface area contributed by atoms with Gasteiger partial charge >= 0.3 is 5.69 Å². The van der Waals surface area contributed by atoms with E-state index in [9.17, 15) is 4.79 Å². The van der Waals surface area contributed by atoms with Crippen molar-refractivity contribution in [3.8, 4) is 11.6 Å². The minimum atomic E-state index is -0.334. The number of ether oxygens (including phenoxy) is 1. The minimum absolute atomic E-state index is 0.334. The molecule has 1 fully saturated rings. The van der Waals surface area contributed by atoms with Gasteiger partial charge in [0.2, 0.25) is 5.88 Å². The fraction of sp³-hybridized carbons (Fsp3) is 0.208. The molecule has 1 aliphatic rings. The molecule has 0 unspecified atom stereocenters. The Hall–Kier alpha value is -3.18. The first-order valence-electron chi connectivity index (χ1n) is 9.93. The summed E-state index contributed by atoms with van der Waals surface area (Å²) in [5, 5.41) is 1.46. The van der Waals surface area contributed by atoms with Crippen molar-refractivity contribution in [2.75, 3.05) is 7.11 Å². The smallest absolute Gasteiger partial charge is 0.352 e. The number of hydrogen-bond donors (Lipinski definition) is 0. The Bertz CT molecular complexity index is 1310. The molecule has 6 heteroatoms. The molecule has 0 radical (unpaired) electrons. The normalized spacial score (nSPS) is 13.5. The third-order valence-corrected chi connectivity index (χ3v) is 5.84. The minimum Gasteiger partial charge on any atom is -0.481 e. The zero-order valence-corrected chi connectivity index (χ0v) is 17.3. The van der Waals surface area contributed by atoms with Crippen molar-refractivity contribution in [3.63, 3.8) is 0 Å². The lowest BCUT2D eigenvalue weighted by molar-refractivity contribution is 0.397. The van der Waals surface area contributed by atoms with E-state index in [4.69, 9.17) is 16.3 Å². The standard InChI is InChI=1S/C24H20ClN3O2/c1-30-23-13-15(10-11-26-23)12-20-18-9-8-17(16-6-7-16)14-22(18)28(24(29)27-20)21-5-3-2-4-19(21)25/h2-5,8-11,13-14,16H,6-7,12H2,1H3. The van der Waals surface area contributed by atoms with E-state index in [0.29, 0.717) is 28.9 Å². The van der Waals surface area contributed by atoms with Crippen LogP contribution in [-0.2, 0) is 6.42 Å². The predicted octanol–water partition coefficient (Wildman–Crippen LogP) is 4.91. The number of aromatic nitrogens is 3. The fourth-order valence-electron chi connectivity index (χ4n) is 3.84. The molecule has 150 valence electrons. The number of pyridine rings is 1. The van der Waals surface area contributed by atoms with Gasteiger partial charge in [0.25, 0.3) is 0 Å². The zero-order chi connectivity index (χ0) is 20.7. The Labute approximate surface area is 178 Å². The van der Waals surface area contributed by atoms with Gasteiger partial charge in [0, 0.05) is 24.1 Å². The van der Waals surface area contributed by atoms with Gasteiger partial charge < -0.3 is 4.74 Å². The topological polar surface area (TPSA) is 57.0 Å². The lowest BCUT2D eigenvalue weighted by atomic mass is 10.0. The first-order valence-corrected chi connectivity index (χ1v) is 10.3. The van der Waals surface area contributed by atoms with Crippen LogP contribution in [0.3, 0.4) is 0 Å². The van der Waals surface area contributed by atoms with Gasteiger partial charge in [0.15, 0.2) is 0 Å². The van der Waals surface area contributed by atoms with Crippen LogP contribution >= 0.6 is 11.6 Å². The number of nitrogens with zero attached hydrogens (tertiary/aromatic N) is 3. The summed E-state index contributed by atoms with van der Waals surface area (Å²) in [4.78, 5) is 21.8. The molecule has 2 aromatic carbocycles. The number of para-hydroxylation sites is 1. The summed E-state index contributed by atoms with van der Waals surface area (Å²) in [6.45, 7) is 0. The van der Waals surface area contributed by atoms with E-state index in [0.717, 1.165) is 22.2 Å². The second-order valence-corrected chi connectivity index (χ2v) is 7.97. The molecule has 1 aliphatic carbocycles. The van der Waals surface area contributed by atoms with Crippen molar-refractivity contribution in [1.82, 2.24) is 14.5 Å². The highest BCUT2D eigenvalue weighted by atomic mass is 35.5. The van der Waals surface area contributed by atoms with Gasteiger partial charge in [-0.25, -0.2) is 9.78 Å². The molecule has 4 aromatic rings. The lowest BCUT2D eigenvalue weighted by Crippen LogP contribution is -2.24. The van der Waals surface area contributed by atoms with E-state index >= 15 is 0 Å². The van der Waals surface area contributed by atoms with E-state index in [2.05, 4.69) is 28.2 Å². The molecule has 0 amide bonds. The number of benzene rings is 2. The lowest BCUT2D eigenvalue weighted by Gasteiger charge is -2.15. The van der Waals surface area contributed by atoms with Crippen LogP contribution in [0.25, 0.3) is 16.6 Å². The molecule has 0 N–H and O–H groups in total. The molecule has 0 atom stereocenters. The monoisotopic (exact) mass is 417 g/mol. The quantitative estimate of drug-likeness (QED) is 0.463. The summed E-state index contributed by atoms with van der Waals surface area (Å²) in [5.74, 6) is 1.11. The second kappa shape index (κ2) is 7.58. The van der Waals surface area contributed by atoms with Gasteiger partial charge in [-0.1, -0.05) is 35.9 Å². The van der Waals surface area contributed by atoms with Crippen molar-refractivity contribution in [1.29, 1.82) is 0 Å². The molecule has 1 saturated carbocycles. The number of methoxy groups -OCH3 is 1. The van der Waals surface area contributed by atoms with Crippen molar-refractivity contribution in [3.05, 3.63) is 93.1 Å². The zero-order valence-electron chi connectivity index (χ0n) is 16.5. The van der Waals surface area contributed by atoms with Crippen molar-refractivity contribution in [2.45, 2.75) is 25.2 Å². The summed E-state index contributed by atoms with van der Waals surface area (Å²) >= 11 is 6.44. The highest BCUT2D eigenvalue weighted by Gasteiger charge is 2.25. The first-order chi connectivity index (χ1) is 14.6. The maximum absolute atomic E-state index is 13.2. The molecule has 2 aromatic heterocycles. The third kappa shape index (κ3) is 3.46. The van der Waals surface area contributed by atoms with Crippen LogP contribution in [0.4, 0.5) is 0 Å². The summed E-state index contributed by atoms with van der Waals surface area (Å²) in [6.07, 6.45) is 4.59. The molecule has 30 heavy (non-hydrogen) atoms. The number of fused-ring (bicyclic) bond motifs is 1. The predicted molar refractivity (Wildman–Crippen MR) is 118 cm³/mol. The number of hydrogen-bond acceptors (Lipinski definition) is 4. The van der Waals surface area contributed by atoms with Crippen molar-refractivity contribution >= 4 is 22.5 Å². The molecule has 0 spiro atoms. The van der Waals surface area contributed by atoms with Crippen LogP contribution < -0.4 is 10.4 Å². The van der Waals surface area contributed by atoms with Crippen LogP contribution in [0.2, 0.25) is 5.02 Å². The Balaban J connectivity index is 1.72. The third-order valence-electron chi connectivity index (χ3n) is 5.52. The summed E-state index contributed by atoms with van der Waals surface area (Å²) < 4.78 is 6.86. The van der Waals surface area contributed by atoms with E-state index in [1.165, 1.54) is 18.4 Å². The average Bonchev–Trinajstić information content (AvgIpc) is 3.60. The van der Waals surface area contributed by atoms with Gasteiger partial charge in [0.05, 0.1) is 29.0 Å². The van der Waals surface area contributed by atoms with E-state index < -0.39 is 0 Å². The van der Waals surface area contributed by atoms with Crippen LogP contribution in [0.5, 0.6) is 5.88 Å². The molecule has 5 nitrogen and oxygen atoms in total. The largest absolute Gasteiger partial charge is 0.481 e. The summed E-state index contributed by atoms with van der Waals surface area (Å²) in [5.41, 5.74) is 4.12. The van der Waals surface area contributed by atoms with Gasteiger partial charge in [-0.3, -0.25) is 4.57 Å². The molecule has 0 aliphatic heterocycles. The van der Waals surface area contributed by atoms with E-state index in [-0.39, 0.29) is 5.69 Å². The summed E-state index contributed by atoms with van der Waals surface area (Å²) in [6, 6.07) is 17.5. The molecular formula is C24H20ClN3O2. The maximum atomic E-state index is 13.2. The van der Waals surface area contributed by atoms with E-state index in [1.54, 1.807) is 23.9 Å². The SMILES string of the molecule is COc1cc(Cc2nc(=O)n(-c3ccccc3Cl)c3cc(C4CC4)ccc23)ccn1. The Kier molecular flexibility index (Phi) is 4.75. The number of rotatable bonds is 5. The van der Waals surface area contributed by atoms with Crippen molar-refractivity contribution < 1.29 is 4.74 Å². The van der Waals surface area contributed by atoms with Gasteiger partial charge in [0.1, 0.15) is 0 Å². The molecule has 0 saturated heterocycles. The second-order valence-electron chi connectivity index (χ2n) is 7.56. The average molecular weight is 418 g/mol. The Morgan fingerprint density at radius 3 is 2.73 bits per heavy atom. The van der Waals surface area contributed by atoms with Crippen LogP contribution in [-0.4, -0.2) is 21.6 Å². The summed E-state index contributed by atoms with van der Waals surface area (Å²) in [7, 11) is 1.59. The molecule has 0 bridgehead atoms. The highest BCUT2D eigenvalue weighted by molar-refractivity contribution is 6.32. The fourth-order valence-corrected chi connectivity index (χ4v) is 4.06. The van der Waals surface area contributed by atoms with Gasteiger partial charge in [-0.05, 0) is 54.2 Å². The molecule has 5 rings (SSSR count). The Morgan fingerprint density at radius 1 is 1.13 bits per heavy atom. The van der Waals surface area contributed by atoms with Crippen LogP contribution in [0.15, 0.2) is 65.6 Å². The molecule has 2 heterocycles. The Morgan fingerprint density at radius 2 is 1.97 bits per heavy atom. The molecular weight excluding hydrogens is 398 g/mol. The van der Waals surface area contributed by atoms with Gasteiger partial charge in [-0.15, -0.1) is 0 Å². The highest BCUT2D eigenvalue weighted by Crippen LogP contribution is 2.41.